The van der Waals surface area contributed by atoms with Crippen LogP contribution in [-0.4, -0.2) is 25.6 Å². The van der Waals surface area contributed by atoms with Crippen LogP contribution in [0, 0.1) is 6.92 Å². The van der Waals surface area contributed by atoms with E-state index in [1.165, 1.54) is 0 Å². The lowest BCUT2D eigenvalue weighted by atomic mass is 9.91. The third kappa shape index (κ3) is 4.41. The van der Waals surface area contributed by atoms with Crippen LogP contribution in [0.2, 0.25) is 0 Å². The standard InChI is InChI=1S/C18H22N2O3S/c1-12-9-10-13(17(21)20-24(5,22)23)11-14(12)15-7-6-8-16(19-15)18(2,3)4/h6-11H,1-5H3,(H,20,21). The van der Waals surface area contributed by atoms with Gasteiger partial charge in [0.1, 0.15) is 0 Å². The molecule has 1 amide bonds. The molecule has 0 aliphatic heterocycles. The van der Waals surface area contributed by atoms with Gasteiger partial charge in [-0.3, -0.25) is 9.78 Å². The van der Waals surface area contributed by atoms with Crippen LogP contribution in [0.4, 0.5) is 0 Å². The average Bonchev–Trinajstić information content (AvgIpc) is 2.45. The minimum Gasteiger partial charge on any atom is -0.268 e. The van der Waals surface area contributed by atoms with E-state index in [1.54, 1.807) is 18.2 Å². The van der Waals surface area contributed by atoms with Gasteiger partial charge in [0.15, 0.2) is 0 Å². The van der Waals surface area contributed by atoms with Gasteiger partial charge in [-0.15, -0.1) is 0 Å². The van der Waals surface area contributed by atoms with Gasteiger partial charge in [-0.2, -0.15) is 0 Å². The van der Waals surface area contributed by atoms with E-state index in [1.807, 2.05) is 29.8 Å². The molecule has 1 aromatic heterocycles. The van der Waals surface area contributed by atoms with Crippen LogP contribution in [0.5, 0.6) is 0 Å². The Kier molecular flexibility index (Phi) is 4.80. The third-order valence-electron chi connectivity index (χ3n) is 3.57. The number of nitrogens with one attached hydrogen (secondary N) is 1. The topological polar surface area (TPSA) is 76.1 Å². The maximum absolute atomic E-state index is 12.1. The first-order chi connectivity index (χ1) is 11.0. The molecule has 0 aliphatic carbocycles. The van der Waals surface area contributed by atoms with Crippen molar-refractivity contribution in [1.29, 1.82) is 0 Å². The summed E-state index contributed by atoms with van der Waals surface area (Å²) in [6.07, 6.45) is 0.953. The summed E-state index contributed by atoms with van der Waals surface area (Å²) in [6, 6.07) is 10.9. The van der Waals surface area contributed by atoms with Crippen LogP contribution in [0.1, 0.15) is 42.4 Å². The van der Waals surface area contributed by atoms with E-state index in [0.29, 0.717) is 0 Å². The highest BCUT2D eigenvalue weighted by molar-refractivity contribution is 7.89. The number of benzene rings is 1. The average molecular weight is 346 g/mol. The number of hydrogen-bond acceptors (Lipinski definition) is 4. The Labute approximate surface area is 143 Å². The maximum Gasteiger partial charge on any atom is 0.264 e. The molecule has 5 nitrogen and oxygen atoms in total. The Balaban J connectivity index is 2.48. The first-order valence-corrected chi connectivity index (χ1v) is 9.47. The van der Waals surface area contributed by atoms with Crippen LogP contribution in [0.25, 0.3) is 11.3 Å². The SMILES string of the molecule is Cc1ccc(C(=O)NS(C)(=O)=O)cc1-c1cccc(C(C)(C)C)n1. The lowest BCUT2D eigenvalue weighted by Crippen LogP contribution is -2.29. The van der Waals surface area contributed by atoms with Gasteiger partial charge in [0.25, 0.3) is 5.91 Å². The van der Waals surface area contributed by atoms with Crippen molar-refractivity contribution in [3.63, 3.8) is 0 Å². The number of rotatable bonds is 3. The fourth-order valence-corrected chi connectivity index (χ4v) is 2.72. The van der Waals surface area contributed by atoms with Gasteiger partial charge in [0, 0.05) is 22.2 Å². The van der Waals surface area contributed by atoms with Crippen LogP contribution < -0.4 is 4.72 Å². The zero-order chi connectivity index (χ0) is 18.1. The normalized spacial score (nSPS) is 12.0. The van der Waals surface area contributed by atoms with Crippen LogP contribution in [0.3, 0.4) is 0 Å². The number of sulfonamides is 1. The van der Waals surface area contributed by atoms with Gasteiger partial charge in [-0.25, -0.2) is 13.1 Å². The largest absolute Gasteiger partial charge is 0.268 e. The summed E-state index contributed by atoms with van der Waals surface area (Å²) in [7, 11) is -3.60. The summed E-state index contributed by atoms with van der Waals surface area (Å²) < 4.78 is 24.5. The predicted octanol–water partition coefficient (Wildman–Crippen LogP) is 3.04. The van der Waals surface area contributed by atoms with Crippen molar-refractivity contribution in [2.45, 2.75) is 33.1 Å². The number of carbonyl (C=O) groups excluding carboxylic acids is 1. The first-order valence-electron chi connectivity index (χ1n) is 7.58. The molecule has 1 heterocycles. The predicted molar refractivity (Wildman–Crippen MR) is 95.4 cm³/mol. The van der Waals surface area contributed by atoms with Crippen LogP contribution in [-0.2, 0) is 15.4 Å². The minimum atomic E-state index is -3.60. The molecule has 2 rings (SSSR count). The summed E-state index contributed by atoms with van der Waals surface area (Å²) in [4.78, 5) is 16.8. The van der Waals surface area contributed by atoms with Gasteiger partial charge in [-0.1, -0.05) is 32.9 Å². The second-order valence-corrected chi connectivity index (χ2v) is 8.64. The van der Waals surface area contributed by atoms with Crippen molar-refractivity contribution < 1.29 is 13.2 Å². The molecule has 6 heteroatoms. The number of nitrogens with zero attached hydrogens (tertiary/aromatic N) is 1. The second kappa shape index (κ2) is 6.36. The van der Waals surface area contributed by atoms with Gasteiger partial charge >= 0.3 is 0 Å². The molecule has 0 bridgehead atoms. The Morgan fingerprint density at radius 1 is 1.12 bits per heavy atom. The molecular weight excluding hydrogens is 324 g/mol. The molecule has 0 atom stereocenters. The Morgan fingerprint density at radius 2 is 1.79 bits per heavy atom. The van der Waals surface area contributed by atoms with E-state index >= 15 is 0 Å². The Morgan fingerprint density at radius 3 is 2.38 bits per heavy atom. The highest BCUT2D eigenvalue weighted by Crippen LogP contribution is 2.27. The number of aromatic nitrogens is 1. The molecule has 24 heavy (non-hydrogen) atoms. The van der Waals surface area contributed by atoms with Crippen molar-refractivity contribution in [1.82, 2.24) is 9.71 Å². The smallest absolute Gasteiger partial charge is 0.264 e. The van der Waals surface area contributed by atoms with E-state index in [-0.39, 0.29) is 11.0 Å². The molecule has 0 spiro atoms. The molecule has 0 aliphatic rings. The van der Waals surface area contributed by atoms with Crippen molar-refractivity contribution in [2.24, 2.45) is 0 Å². The van der Waals surface area contributed by atoms with E-state index in [9.17, 15) is 13.2 Å². The zero-order valence-corrected chi connectivity index (χ0v) is 15.4. The highest BCUT2D eigenvalue weighted by atomic mass is 32.2. The molecule has 0 saturated heterocycles. The van der Waals surface area contributed by atoms with E-state index < -0.39 is 15.9 Å². The molecule has 0 unspecified atom stereocenters. The number of aryl methyl sites for hydroxylation is 1. The molecule has 0 fully saturated rings. The molecular formula is C18H22N2O3S. The summed E-state index contributed by atoms with van der Waals surface area (Å²) in [5.74, 6) is -0.647. The molecule has 1 aromatic carbocycles. The van der Waals surface area contributed by atoms with E-state index in [2.05, 4.69) is 20.8 Å². The van der Waals surface area contributed by atoms with Gasteiger partial charge in [0.2, 0.25) is 10.0 Å². The number of carbonyl (C=O) groups is 1. The Bertz CT molecular complexity index is 881. The minimum absolute atomic E-state index is 0.0881. The summed E-state index contributed by atoms with van der Waals surface area (Å²) in [5, 5.41) is 0. The first kappa shape index (κ1) is 18.1. The molecule has 1 N–H and O–H groups in total. The monoisotopic (exact) mass is 346 g/mol. The molecule has 0 saturated carbocycles. The third-order valence-corrected chi connectivity index (χ3v) is 4.13. The fourth-order valence-electron chi connectivity index (χ4n) is 2.27. The number of pyridine rings is 1. The maximum atomic E-state index is 12.1. The van der Waals surface area contributed by atoms with Crippen molar-refractivity contribution >= 4 is 15.9 Å². The number of hydrogen-bond donors (Lipinski definition) is 1. The quantitative estimate of drug-likeness (QED) is 0.927. The fraction of sp³-hybridized carbons (Fsp3) is 0.333. The van der Waals surface area contributed by atoms with Gasteiger partial charge in [-0.05, 0) is 36.8 Å². The lowest BCUT2D eigenvalue weighted by Gasteiger charge is -2.19. The second-order valence-electron chi connectivity index (χ2n) is 6.89. The van der Waals surface area contributed by atoms with Crippen LogP contribution in [0.15, 0.2) is 36.4 Å². The summed E-state index contributed by atoms with van der Waals surface area (Å²) in [5.41, 5.74) is 3.67. The van der Waals surface area contributed by atoms with Crippen molar-refractivity contribution in [3.05, 3.63) is 53.2 Å². The van der Waals surface area contributed by atoms with Gasteiger partial charge < -0.3 is 0 Å². The van der Waals surface area contributed by atoms with E-state index in [0.717, 1.165) is 28.8 Å². The van der Waals surface area contributed by atoms with Crippen LogP contribution >= 0.6 is 0 Å². The highest BCUT2D eigenvalue weighted by Gasteiger charge is 2.17. The summed E-state index contributed by atoms with van der Waals surface area (Å²) >= 11 is 0. The van der Waals surface area contributed by atoms with Crippen molar-refractivity contribution in [3.8, 4) is 11.3 Å². The molecule has 0 radical (unpaired) electrons. The lowest BCUT2D eigenvalue weighted by molar-refractivity contribution is 0.0981. The summed E-state index contributed by atoms with van der Waals surface area (Å²) in [6.45, 7) is 8.19. The molecule has 128 valence electrons. The number of amides is 1. The van der Waals surface area contributed by atoms with Crippen molar-refractivity contribution in [2.75, 3.05) is 6.26 Å². The molecule has 2 aromatic rings. The Hall–Kier alpha value is -2.21. The zero-order valence-electron chi connectivity index (χ0n) is 14.5. The van der Waals surface area contributed by atoms with Gasteiger partial charge in [0.05, 0.1) is 11.9 Å². The van der Waals surface area contributed by atoms with E-state index in [4.69, 9.17) is 4.98 Å².